The van der Waals surface area contributed by atoms with Crippen LogP contribution in [0.2, 0.25) is 0 Å². The van der Waals surface area contributed by atoms with Crippen molar-refractivity contribution in [2.75, 3.05) is 18.1 Å². The Hall–Kier alpha value is -2.43. The van der Waals surface area contributed by atoms with Gasteiger partial charge in [0.15, 0.2) is 0 Å². The van der Waals surface area contributed by atoms with Crippen LogP contribution in [0.25, 0.3) is 0 Å². The minimum Gasteiger partial charge on any atom is -0.457 e. The van der Waals surface area contributed by atoms with E-state index in [1.54, 1.807) is 12.1 Å². The Morgan fingerprint density at radius 1 is 1.00 bits per heavy atom. The van der Waals surface area contributed by atoms with E-state index in [9.17, 15) is 21.6 Å². The highest BCUT2D eigenvalue weighted by Gasteiger charge is 2.45. The minimum atomic E-state index is -4.04. The highest BCUT2D eigenvalue weighted by molar-refractivity contribution is 7.91. The SMILES string of the molecule is O=C(NS(=O)(=O)c1ccc(Oc2ccccc2)cc1)C1CC2(CCS(=O)(=O)CC2)CN1. The average Bonchev–Trinajstić information content (AvgIpc) is 3.16. The third-order valence-corrected chi connectivity index (χ3v) is 8.93. The van der Waals surface area contributed by atoms with E-state index in [0.29, 0.717) is 37.3 Å². The van der Waals surface area contributed by atoms with Crippen LogP contribution in [0, 0.1) is 5.41 Å². The summed E-state index contributed by atoms with van der Waals surface area (Å²) >= 11 is 0. The molecule has 10 heteroatoms. The Kier molecular flexibility index (Phi) is 5.80. The molecule has 2 heterocycles. The van der Waals surface area contributed by atoms with Gasteiger partial charge in [0.05, 0.1) is 22.4 Å². The molecule has 31 heavy (non-hydrogen) atoms. The average molecular weight is 465 g/mol. The third kappa shape index (κ3) is 5.08. The maximum Gasteiger partial charge on any atom is 0.264 e. The van der Waals surface area contributed by atoms with Gasteiger partial charge in [0.1, 0.15) is 21.3 Å². The van der Waals surface area contributed by atoms with E-state index in [0.717, 1.165) is 0 Å². The van der Waals surface area contributed by atoms with Crippen LogP contribution < -0.4 is 14.8 Å². The Balaban J connectivity index is 1.38. The molecule has 0 radical (unpaired) electrons. The summed E-state index contributed by atoms with van der Waals surface area (Å²) in [5.74, 6) is 0.693. The first-order valence-corrected chi connectivity index (χ1v) is 13.3. The highest BCUT2D eigenvalue weighted by atomic mass is 32.2. The number of benzene rings is 2. The van der Waals surface area contributed by atoms with Crippen molar-refractivity contribution in [1.82, 2.24) is 10.0 Å². The number of carbonyl (C=O) groups excluding carboxylic acids is 1. The van der Waals surface area contributed by atoms with Gasteiger partial charge in [0, 0.05) is 6.54 Å². The first kappa shape index (κ1) is 21.8. The number of hydrogen-bond donors (Lipinski definition) is 2. The van der Waals surface area contributed by atoms with Gasteiger partial charge < -0.3 is 10.1 Å². The van der Waals surface area contributed by atoms with E-state index in [-0.39, 0.29) is 21.8 Å². The molecule has 0 bridgehead atoms. The van der Waals surface area contributed by atoms with Crippen molar-refractivity contribution in [2.24, 2.45) is 5.41 Å². The summed E-state index contributed by atoms with van der Waals surface area (Å²) < 4.78 is 56.4. The molecular formula is C21H24N2O6S2. The zero-order chi connectivity index (χ0) is 22.1. The zero-order valence-electron chi connectivity index (χ0n) is 16.8. The molecule has 2 aliphatic rings. The fourth-order valence-corrected chi connectivity index (χ4v) is 6.74. The molecule has 2 aromatic carbocycles. The number of nitrogens with one attached hydrogen (secondary N) is 2. The molecule has 2 N–H and O–H groups in total. The number of sulfone groups is 1. The van der Waals surface area contributed by atoms with Crippen LogP contribution in [0.5, 0.6) is 11.5 Å². The van der Waals surface area contributed by atoms with Crippen molar-refractivity contribution in [3.8, 4) is 11.5 Å². The first-order chi connectivity index (χ1) is 14.7. The second-order valence-corrected chi connectivity index (χ2v) is 12.1. The fourth-order valence-electron chi connectivity index (χ4n) is 4.03. The van der Waals surface area contributed by atoms with Gasteiger partial charge >= 0.3 is 0 Å². The Morgan fingerprint density at radius 2 is 1.61 bits per heavy atom. The summed E-state index contributed by atoms with van der Waals surface area (Å²) in [7, 11) is -7.05. The number of carbonyl (C=O) groups is 1. The molecule has 0 aliphatic carbocycles. The maximum absolute atomic E-state index is 12.6. The smallest absolute Gasteiger partial charge is 0.264 e. The lowest BCUT2D eigenvalue weighted by Crippen LogP contribution is -2.43. The number of rotatable bonds is 5. The molecule has 4 rings (SSSR count). The van der Waals surface area contributed by atoms with Crippen molar-refractivity contribution in [3.05, 3.63) is 54.6 Å². The standard InChI is InChI=1S/C21H24N2O6S2/c24-20(19-14-21(15-22-19)10-12-30(25,26)13-11-21)23-31(27,28)18-8-6-17(7-9-18)29-16-4-2-1-3-5-16/h1-9,19,22H,10-15H2,(H,23,24). The summed E-state index contributed by atoms with van der Waals surface area (Å²) in [5, 5.41) is 3.06. The summed E-state index contributed by atoms with van der Waals surface area (Å²) in [6, 6.07) is 14.2. The molecule has 8 nitrogen and oxygen atoms in total. The molecule has 1 atom stereocenters. The van der Waals surface area contributed by atoms with Crippen LogP contribution in [0.3, 0.4) is 0 Å². The highest BCUT2D eigenvalue weighted by Crippen LogP contribution is 2.40. The Bertz CT molecular complexity index is 1150. The number of amides is 1. The van der Waals surface area contributed by atoms with Gasteiger partial charge in [-0.1, -0.05) is 18.2 Å². The van der Waals surface area contributed by atoms with Crippen LogP contribution in [0.15, 0.2) is 59.5 Å². The number of para-hydroxylation sites is 1. The first-order valence-electron chi connectivity index (χ1n) is 10.0. The monoisotopic (exact) mass is 464 g/mol. The largest absolute Gasteiger partial charge is 0.457 e. The lowest BCUT2D eigenvalue weighted by Gasteiger charge is -2.32. The predicted molar refractivity (Wildman–Crippen MR) is 115 cm³/mol. The Labute approximate surface area is 182 Å². The second kappa shape index (κ2) is 8.25. The van der Waals surface area contributed by atoms with Gasteiger partial charge in [0.25, 0.3) is 15.9 Å². The van der Waals surface area contributed by atoms with Crippen molar-refractivity contribution >= 4 is 25.8 Å². The summed E-state index contributed by atoms with van der Waals surface area (Å²) in [5.41, 5.74) is -0.270. The van der Waals surface area contributed by atoms with E-state index in [4.69, 9.17) is 4.74 Å². The number of ether oxygens (including phenoxy) is 1. The van der Waals surface area contributed by atoms with Crippen molar-refractivity contribution in [1.29, 1.82) is 0 Å². The molecule has 0 saturated carbocycles. The lowest BCUT2D eigenvalue weighted by atomic mass is 9.80. The van der Waals surface area contributed by atoms with Crippen LogP contribution in [-0.4, -0.2) is 46.8 Å². The summed E-state index contributed by atoms with van der Waals surface area (Å²) in [4.78, 5) is 12.6. The minimum absolute atomic E-state index is 0.0438. The van der Waals surface area contributed by atoms with Gasteiger partial charge in [-0.3, -0.25) is 4.79 Å². The zero-order valence-corrected chi connectivity index (χ0v) is 18.4. The van der Waals surface area contributed by atoms with Crippen LogP contribution >= 0.6 is 0 Å². The van der Waals surface area contributed by atoms with Crippen molar-refractivity contribution in [2.45, 2.75) is 30.2 Å². The molecule has 2 aromatic rings. The number of sulfonamides is 1. The summed E-state index contributed by atoms with van der Waals surface area (Å²) in [6.07, 6.45) is 1.40. The van der Waals surface area contributed by atoms with E-state index in [2.05, 4.69) is 10.0 Å². The third-order valence-electron chi connectivity index (χ3n) is 5.91. The van der Waals surface area contributed by atoms with Gasteiger partial charge in [-0.15, -0.1) is 0 Å². The van der Waals surface area contributed by atoms with Crippen molar-refractivity contribution in [3.63, 3.8) is 0 Å². The molecular weight excluding hydrogens is 440 g/mol. The normalized spacial score (nSPS) is 22.1. The molecule has 0 aromatic heterocycles. The molecule has 2 aliphatic heterocycles. The van der Waals surface area contributed by atoms with E-state index in [1.165, 1.54) is 24.3 Å². The molecule has 166 valence electrons. The van der Waals surface area contributed by atoms with Crippen molar-refractivity contribution < 1.29 is 26.4 Å². The second-order valence-electron chi connectivity index (χ2n) is 8.15. The van der Waals surface area contributed by atoms with Gasteiger partial charge in [-0.05, 0) is 61.1 Å². The van der Waals surface area contributed by atoms with E-state index in [1.807, 2.05) is 18.2 Å². The molecule has 1 amide bonds. The maximum atomic E-state index is 12.6. The van der Waals surface area contributed by atoms with Crippen LogP contribution in [0.4, 0.5) is 0 Å². The lowest BCUT2D eigenvalue weighted by molar-refractivity contribution is -0.121. The Morgan fingerprint density at radius 3 is 2.26 bits per heavy atom. The molecule has 1 unspecified atom stereocenters. The quantitative estimate of drug-likeness (QED) is 0.693. The molecule has 2 fully saturated rings. The van der Waals surface area contributed by atoms with Gasteiger partial charge in [0.2, 0.25) is 0 Å². The van der Waals surface area contributed by atoms with E-state index >= 15 is 0 Å². The van der Waals surface area contributed by atoms with Crippen LogP contribution in [-0.2, 0) is 24.7 Å². The molecule has 1 spiro atoms. The van der Waals surface area contributed by atoms with Crippen LogP contribution in [0.1, 0.15) is 19.3 Å². The van der Waals surface area contributed by atoms with Gasteiger partial charge in [-0.25, -0.2) is 21.6 Å². The van der Waals surface area contributed by atoms with Gasteiger partial charge in [-0.2, -0.15) is 0 Å². The summed E-state index contributed by atoms with van der Waals surface area (Å²) in [6.45, 7) is 0.506. The number of hydrogen-bond acceptors (Lipinski definition) is 7. The predicted octanol–water partition coefficient (Wildman–Crippen LogP) is 1.84. The molecule has 2 saturated heterocycles. The topological polar surface area (TPSA) is 119 Å². The fraction of sp³-hybridized carbons (Fsp3) is 0.381. The van der Waals surface area contributed by atoms with E-state index < -0.39 is 31.8 Å².